The highest BCUT2D eigenvalue weighted by Gasteiger charge is 2.08. The van der Waals surface area contributed by atoms with E-state index in [0.717, 1.165) is 30.8 Å². The summed E-state index contributed by atoms with van der Waals surface area (Å²) in [6.45, 7) is 6.91. The van der Waals surface area contributed by atoms with Crippen LogP contribution in [0.25, 0.3) is 0 Å². The smallest absolute Gasteiger partial charge is 0.124 e. The molecule has 120 valence electrons. The van der Waals surface area contributed by atoms with Gasteiger partial charge in [-0.25, -0.2) is 0 Å². The lowest BCUT2D eigenvalue weighted by atomic mass is 10.0. The zero-order chi connectivity index (χ0) is 15.5. The van der Waals surface area contributed by atoms with Gasteiger partial charge in [0.2, 0.25) is 0 Å². The summed E-state index contributed by atoms with van der Waals surface area (Å²) in [5.41, 5.74) is 2.31. The summed E-state index contributed by atoms with van der Waals surface area (Å²) < 4.78 is 16.6. The molecule has 0 radical (unpaired) electrons. The average molecular weight is 295 g/mol. The van der Waals surface area contributed by atoms with Gasteiger partial charge in [0.15, 0.2) is 0 Å². The molecule has 4 nitrogen and oxygen atoms in total. The number of ether oxygens (including phenoxy) is 3. The van der Waals surface area contributed by atoms with Gasteiger partial charge >= 0.3 is 0 Å². The Balaban J connectivity index is 2.44. The van der Waals surface area contributed by atoms with Gasteiger partial charge in [0.25, 0.3) is 0 Å². The van der Waals surface area contributed by atoms with E-state index in [2.05, 4.69) is 31.3 Å². The minimum Gasteiger partial charge on any atom is -0.496 e. The summed E-state index contributed by atoms with van der Waals surface area (Å²) in [5, 5.41) is 3.24. The van der Waals surface area contributed by atoms with Gasteiger partial charge in [0, 0.05) is 18.2 Å². The third-order valence-corrected chi connectivity index (χ3v) is 3.51. The molecule has 1 atom stereocenters. The zero-order valence-corrected chi connectivity index (χ0v) is 13.8. The van der Waals surface area contributed by atoms with Crippen LogP contribution in [0.3, 0.4) is 0 Å². The Labute approximate surface area is 128 Å². The van der Waals surface area contributed by atoms with E-state index < -0.39 is 0 Å². The number of nitrogens with one attached hydrogen (secondary N) is 1. The fraction of sp³-hybridized carbons (Fsp3) is 0.647. The monoisotopic (exact) mass is 295 g/mol. The SMILES string of the molecule is CCCCOCCOCc1cc(C(C)NC)ccc1OC. The first-order valence-corrected chi connectivity index (χ1v) is 7.72. The van der Waals surface area contributed by atoms with Crippen LogP contribution in [0.15, 0.2) is 18.2 Å². The molecule has 0 aromatic heterocycles. The average Bonchev–Trinajstić information content (AvgIpc) is 2.53. The lowest BCUT2D eigenvalue weighted by molar-refractivity contribution is 0.0390. The van der Waals surface area contributed by atoms with Crippen molar-refractivity contribution in [2.24, 2.45) is 0 Å². The first kappa shape index (κ1) is 18.0. The highest BCUT2D eigenvalue weighted by Crippen LogP contribution is 2.23. The maximum atomic E-state index is 5.69. The van der Waals surface area contributed by atoms with E-state index in [-0.39, 0.29) is 0 Å². The summed E-state index contributed by atoms with van der Waals surface area (Å²) in [4.78, 5) is 0. The van der Waals surface area contributed by atoms with Crippen LogP contribution in [0.1, 0.15) is 43.9 Å². The molecule has 0 aliphatic rings. The van der Waals surface area contributed by atoms with Gasteiger partial charge < -0.3 is 19.5 Å². The molecule has 0 heterocycles. The van der Waals surface area contributed by atoms with Crippen LogP contribution in [0.4, 0.5) is 0 Å². The van der Waals surface area contributed by atoms with E-state index >= 15 is 0 Å². The second-order valence-electron chi connectivity index (χ2n) is 5.10. The Bertz CT molecular complexity index is 396. The van der Waals surface area contributed by atoms with E-state index in [0.29, 0.717) is 25.9 Å². The summed E-state index contributed by atoms with van der Waals surface area (Å²) in [7, 11) is 3.65. The second kappa shape index (κ2) is 10.6. The minimum absolute atomic E-state index is 0.312. The zero-order valence-electron chi connectivity index (χ0n) is 13.8. The Morgan fingerprint density at radius 3 is 2.57 bits per heavy atom. The highest BCUT2D eigenvalue weighted by molar-refractivity contribution is 5.38. The molecule has 1 unspecified atom stereocenters. The van der Waals surface area contributed by atoms with Crippen molar-refractivity contribution < 1.29 is 14.2 Å². The first-order chi connectivity index (χ1) is 10.2. The van der Waals surface area contributed by atoms with Gasteiger partial charge in [0.05, 0.1) is 26.9 Å². The molecule has 0 aliphatic carbocycles. The number of hydrogen-bond donors (Lipinski definition) is 1. The van der Waals surface area contributed by atoms with Crippen molar-refractivity contribution in [1.29, 1.82) is 0 Å². The summed E-state index contributed by atoms with van der Waals surface area (Å²) >= 11 is 0. The molecule has 1 rings (SSSR count). The van der Waals surface area contributed by atoms with E-state index in [9.17, 15) is 0 Å². The Hall–Kier alpha value is -1.10. The normalized spacial score (nSPS) is 12.4. The van der Waals surface area contributed by atoms with Crippen molar-refractivity contribution in [3.63, 3.8) is 0 Å². The lowest BCUT2D eigenvalue weighted by Crippen LogP contribution is -2.13. The van der Waals surface area contributed by atoms with Gasteiger partial charge in [0.1, 0.15) is 5.75 Å². The lowest BCUT2D eigenvalue weighted by Gasteiger charge is -2.15. The van der Waals surface area contributed by atoms with E-state index in [1.807, 2.05) is 13.1 Å². The summed E-state index contributed by atoms with van der Waals surface area (Å²) in [5.74, 6) is 0.869. The van der Waals surface area contributed by atoms with Gasteiger partial charge in [-0.15, -0.1) is 0 Å². The standard InChI is InChI=1S/C17H29NO3/c1-5-6-9-20-10-11-21-13-16-12-15(14(2)18-3)7-8-17(16)19-4/h7-8,12,14,18H,5-6,9-11,13H2,1-4H3. The van der Waals surface area contributed by atoms with Crippen molar-refractivity contribution in [1.82, 2.24) is 5.32 Å². The number of unbranched alkanes of at least 4 members (excludes halogenated alkanes) is 1. The molecule has 1 N–H and O–H groups in total. The van der Waals surface area contributed by atoms with Crippen molar-refractivity contribution in [3.8, 4) is 5.75 Å². The van der Waals surface area contributed by atoms with Crippen LogP contribution in [0, 0.1) is 0 Å². The fourth-order valence-electron chi connectivity index (χ4n) is 2.00. The number of methoxy groups -OCH3 is 1. The Morgan fingerprint density at radius 2 is 1.90 bits per heavy atom. The minimum atomic E-state index is 0.312. The van der Waals surface area contributed by atoms with E-state index in [4.69, 9.17) is 14.2 Å². The molecule has 0 spiro atoms. The van der Waals surface area contributed by atoms with Gasteiger partial charge in [-0.3, -0.25) is 0 Å². The molecule has 0 aliphatic heterocycles. The van der Waals surface area contributed by atoms with Crippen LogP contribution < -0.4 is 10.1 Å². The molecule has 0 fully saturated rings. The van der Waals surface area contributed by atoms with Crippen LogP contribution in [0.2, 0.25) is 0 Å². The quantitative estimate of drug-likeness (QED) is 0.636. The second-order valence-corrected chi connectivity index (χ2v) is 5.10. The van der Waals surface area contributed by atoms with Crippen LogP contribution >= 0.6 is 0 Å². The summed E-state index contributed by atoms with van der Waals surface area (Å²) in [6, 6.07) is 6.53. The third-order valence-electron chi connectivity index (χ3n) is 3.51. The van der Waals surface area contributed by atoms with Gasteiger partial charge in [-0.2, -0.15) is 0 Å². The van der Waals surface area contributed by atoms with E-state index in [1.165, 1.54) is 5.56 Å². The molecule has 0 bridgehead atoms. The van der Waals surface area contributed by atoms with Gasteiger partial charge in [-0.1, -0.05) is 19.4 Å². The maximum Gasteiger partial charge on any atom is 0.124 e. The topological polar surface area (TPSA) is 39.7 Å². The summed E-state index contributed by atoms with van der Waals surface area (Å²) in [6.07, 6.45) is 2.27. The molecule has 0 saturated carbocycles. The van der Waals surface area contributed by atoms with Crippen LogP contribution in [0.5, 0.6) is 5.75 Å². The Morgan fingerprint density at radius 1 is 1.14 bits per heavy atom. The molecule has 1 aromatic carbocycles. The van der Waals surface area contributed by atoms with Crippen molar-refractivity contribution >= 4 is 0 Å². The highest BCUT2D eigenvalue weighted by atomic mass is 16.5. The van der Waals surface area contributed by atoms with Crippen LogP contribution in [-0.4, -0.2) is 34.0 Å². The largest absolute Gasteiger partial charge is 0.496 e. The number of benzene rings is 1. The van der Waals surface area contributed by atoms with Crippen molar-refractivity contribution in [2.75, 3.05) is 34.0 Å². The maximum absolute atomic E-state index is 5.69. The molecular weight excluding hydrogens is 266 g/mol. The van der Waals surface area contributed by atoms with Gasteiger partial charge in [-0.05, 0) is 38.1 Å². The van der Waals surface area contributed by atoms with Crippen molar-refractivity contribution in [2.45, 2.75) is 39.3 Å². The molecule has 4 heteroatoms. The Kier molecular flexibility index (Phi) is 9.06. The third kappa shape index (κ3) is 6.46. The predicted molar refractivity (Wildman–Crippen MR) is 85.9 cm³/mol. The molecule has 0 saturated heterocycles. The molecule has 21 heavy (non-hydrogen) atoms. The first-order valence-electron chi connectivity index (χ1n) is 7.72. The molecule has 0 amide bonds. The van der Waals surface area contributed by atoms with Crippen LogP contribution in [-0.2, 0) is 16.1 Å². The molecule has 1 aromatic rings. The molecular formula is C17H29NO3. The number of hydrogen-bond acceptors (Lipinski definition) is 4. The fourth-order valence-corrected chi connectivity index (χ4v) is 2.00. The van der Waals surface area contributed by atoms with Crippen molar-refractivity contribution in [3.05, 3.63) is 29.3 Å². The van der Waals surface area contributed by atoms with E-state index in [1.54, 1.807) is 7.11 Å². The predicted octanol–water partition coefficient (Wildman–Crippen LogP) is 3.31. The number of rotatable bonds is 11.